The molecule has 2 heteroatoms. The van der Waals surface area contributed by atoms with E-state index >= 15 is 0 Å². The van der Waals surface area contributed by atoms with Crippen molar-refractivity contribution in [3.63, 3.8) is 0 Å². The molecule has 0 radical (unpaired) electrons. The fourth-order valence-corrected chi connectivity index (χ4v) is 3.25. The molecule has 1 heterocycles. The zero-order chi connectivity index (χ0) is 11.8. The van der Waals surface area contributed by atoms with Crippen LogP contribution in [0.5, 0.6) is 0 Å². The number of hydrogen-bond acceptors (Lipinski definition) is 2. The monoisotopic (exact) mass is 235 g/mol. The van der Waals surface area contributed by atoms with Crippen molar-refractivity contribution < 1.29 is 0 Å². The average molecular weight is 235 g/mol. The van der Waals surface area contributed by atoms with Crippen molar-refractivity contribution >= 4 is 11.8 Å². The molecular formula is C14H21NS. The van der Waals surface area contributed by atoms with Gasteiger partial charge < -0.3 is 5.32 Å². The molecule has 1 fully saturated rings. The summed E-state index contributed by atoms with van der Waals surface area (Å²) in [5.74, 6) is 1.24. The second-order valence-corrected chi connectivity index (χ2v) is 6.70. The lowest BCUT2D eigenvalue weighted by molar-refractivity contribution is 0.570. The largest absolute Gasteiger partial charge is 0.315 e. The van der Waals surface area contributed by atoms with Gasteiger partial charge in [-0.15, -0.1) is 0 Å². The first-order valence-corrected chi connectivity index (χ1v) is 6.96. The van der Waals surface area contributed by atoms with E-state index in [1.165, 1.54) is 16.9 Å². The summed E-state index contributed by atoms with van der Waals surface area (Å²) in [6, 6.07) is 9.80. The molecule has 0 amide bonds. The van der Waals surface area contributed by atoms with E-state index in [0.29, 0.717) is 11.3 Å². The standard InChI is InChI=1S/C14H21NS/c1-14(2,3)11-7-5-10(6-8-11)13-12(15-4)9-16-13/h5-8,12-13,15H,9H2,1-4H3. The molecule has 88 valence electrons. The number of nitrogens with one attached hydrogen (secondary N) is 1. The van der Waals surface area contributed by atoms with E-state index in [1.54, 1.807) is 0 Å². The van der Waals surface area contributed by atoms with Gasteiger partial charge in [0, 0.05) is 17.0 Å². The maximum absolute atomic E-state index is 3.37. The van der Waals surface area contributed by atoms with Crippen LogP contribution in [-0.4, -0.2) is 18.8 Å². The van der Waals surface area contributed by atoms with Crippen LogP contribution in [0.3, 0.4) is 0 Å². The number of rotatable bonds is 2. The Labute approximate surface area is 103 Å². The lowest BCUT2D eigenvalue weighted by atomic mass is 9.86. The molecular weight excluding hydrogens is 214 g/mol. The van der Waals surface area contributed by atoms with Crippen molar-refractivity contribution in [2.75, 3.05) is 12.8 Å². The van der Waals surface area contributed by atoms with Crippen LogP contribution < -0.4 is 5.32 Å². The molecule has 0 aliphatic carbocycles. The summed E-state index contributed by atoms with van der Waals surface area (Å²) in [5.41, 5.74) is 3.14. The molecule has 1 N–H and O–H groups in total. The number of hydrogen-bond donors (Lipinski definition) is 1. The predicted molar refractivity (Wildman–Crippen MR) is 73.2 cm³/mol. The number of thioether (sulfide) groups is 1. The third kappa shape index (κ3) is 2.28. The molecule has 1 aromatic carbocycles. The van der Waals surface area contributed by atoms with Crippen LogP contribution in [0.25, 0.3) is 0 Å². The molecule has 1 aliphatic heterocycles. The van der Waals surface area contributed by atoms with Crippen LogP contribution in [0.4, 0.5) is 0 Å². The Morgan fingerprint density at radius 1 is 1.19 bits per heavy atom. The first kappa shape index (κ1) is 12.0. The van der Waals surface area contributed by atoms with Crippen molar-refractivity contribution in [1.82, 2.24) is 5.32 Å². The molecule has 1 aromatic rings. The van der Waals surface area contributed by atoms with Gasteiger partial charge in [0.2, 0.25) is 0 Å². The van der Waals surface area contributed by atoms with Crippen LogP contribution in [0, 0.1) is 0 Å². The van der Waals surface area contributed by atoms with E-state index in [1.807, 2.05) is 11.8 Å². The highest BCUT2D eigenvalue weighted by Crippen LogP contribution is 2.42. The van der Waals surface area contributed by atoms with Crippen molar-refractivity contribution in [3.05, 3.63) is 35.4 Å². The normalized spacial score (nSPS) is 25.2. The molecule has 0 saturated carbocycles. The van der Waals surface area contributed by atoms with Gasteiger partial charge in [-0.25, -0.2) is 0 Å². The Kier molecular flexibility index (Phi) is 3.32. The first-order valence-electron chi connectivity index (χ1n) is 5.91. The Morgan fingerprint density at radius 3 is 2.19 bits per heavy atom. The van der Waals surface area contributed by atoms with Crippen LogP contribution >= 0.6 is 11.8 Å². The Balaban J connectivity index is 2.14. The summed E-state index contributed by atoms with van der Waals surface area (Å²) in [5, 5.41) is 4.03. The zero-order valence-corrected chi connectivity index (χ0v) is 11.4. The molecule has 0 bridgehead atoms. The number of likely N-dealkylation sites (N-methyl/N-ethyl adjacent to an activating group) is 1. The van der Waals surface area contributed by atoms with Crippen molar-refractivity contribution in [1.29, 1.82) is 0 Å². The van der Waals surface area contributed by atoms with Gasteiger partial charge in [0.15, 0.2) is 0 Å². The van der Waals surface area contributed by atoms with Gasteiger partial charge in [-0.1, -0.05) is 45.0 Å². The number of benzene rings is 1. The summed E-state index contributed by atoms with van der Waals surface area (Å²) in [6.07, 6.45) is 0. The summed E-state index contributed by atoms with van der Waals surface area (Å²) in [6.45, 7) is 6.78. The molecule has 0 aromatic heterocycles. The molecule has 1 aliphatic rings. The summed E-state index contributed by atoms with van der Waals surface area (Å²) < 4.78 is 0. The molecule has 2 rings (SSSR count). The summed E-state index contributed by atoms with van der Waals surface area (Å²) >= 11 is 2.04. The lowest BCUT2D eigenvalue weighted by Crippen LogP contribution is -2.40. The average Bonchev–Trinajstić information content (AvgIpc) is 2.16. The third-order valence-corrected chi connectivity index (χ3v) is 4.81. The Morgan fingerprint density at radius 2 is 1.81 bits per heavy atom. The fraction of sp³-hybridized carbons (Fsp3) is 0.571. The minimum atomic E-state index is 0.258. The van der Waals surface area contributed by atoms with E-state index in [2.05, 4.69) is 57.4 Å². The fourth-order valence-electron chi connectivity index (χ4n) is 2.02. The SMILES string of the molecule is CNC1CSC1c1ccc(C(C)(C)C)cc1. The second-order valence-electron chi connectivity index (χ2n) is 5.52. The highest BCUT2D eigenvalue weighted by Gasteiger charge is 2.31. The van der Waals surface area contributed by atoms with Gasteiger partial charge in [-0.2, -0.15) is 11.8 Å². The maximum atomic E-state index is 3.37. The van der Waals surface area contributed by atoms with Crippen LogP contribution in [0.15, 0.2) is 24.3 Å². The summed E-state index contributed by atoms with van der Waals surface area (Å²) in [7, 11) is 2.06. The lowest BCUT2D eigenvalue weighted by Gasteiger charge is -2.36. The van der Waals surface area contributed by atoms with Gasteiger partial charge >= 0.3 is 0 Å². The van der Waals surface area contributed by atoms with E-state index < -0.39 is 0 Å². The first-order chi connectivity index (χ1) is 7.52. The summed E-state index contributed by atoms with van der Waals surface area (Å²) in [4.78, 5) is 0. The van der Waals surface area contributed by atoms with Crippen molar-refractivity contribution in [2.45, 2.75) is 37.5 Å². The molecule has 1 saturated heterocycles. The van der Waals surface area contributed by atoms with Gasteiger partial charge in [-0.3, -0.25) is 0 Å². The smallest absolute Gasteiger partial charge is 0.0459 e. The van der Waals surface area contributed by atoms with E-state index in [4.69, 9.17) is 0 Å². The van der Waals surface area contributed by atoms with Gasteiger partial charge in [0.1, 0.15) is 0 Å². The van der Waals surface area contributed by atoms with Crippen LogP contribution in [0.1, 0.15) is 37.1 Å². The van der Waals surface area contributed by atoms with Gasteiger partial charge in [-0.05, 0) is 23.6 Å². The highest BCUT2D eigenvalue weighted by molar-refractivity contribution is 8.01. The highest BCUT2D eigenvalue weighted by atomic mass is 32.2. The van der Waals surface area contributed by atoms with Gasteiger partial charge in [0.05, 0.1) is 0 Å². The minimum absolute atomic E-state index is 0.258. The Hall–Kier alpha value is -0.470. The quantitative estimate of drug-likeness (QED) is 0.843. The third-order valence-electron chi connectivity index (χ3n) is 3.30. The molecule has 2 unspecified atom stereocenters. The molecule has 16 heavy (non-hydrogen) atoms. The molecule has 0 spiro atoms. The van der Waals surface area contributed by atoms with Crippen LogP contribution in [-0.2, 0) is 5.41 Å². The van der Waals surface area contributed by atoms with E-state index in [-0.39, 0.29) is 5.41 Å². The maximum Gasteiger partial charge on any atom is 0.0459 e. The second kappa shape index (κ2) is 4.42. The molecule has 1 nitrogen and oxygen atoms in total. The van der Waals surface area contributed by atoms with Crippen molar-refractivity contribution in [2.24, 2.45) is 0 Å². The van der Waals surface area contributed by atoms with Gasteiger partial charge in [0.25, 0.3) is 0 Å². The topological polar surface area (TPSA) is 12.0 Å². The minimum Gasteiger partial charge on any atom is -0.315 e. The predicted octanol–water partition coefficient (Wildman–Crippen LogP) is 3.36. The zero-order valence-electron chi connectivity index (χ0n) is 10.6. The van der Waals surface area contributed by atoms with E-state index in [0.717, 1.165) is 0 Å². The van der Waals surface area contributed by atoms with E-state index in [9.17, 15) is 0 Å². The van der Waals surface area contributed by atoms with Crippen LogP contribution in [0.2, 0.25) is 0 Å². The molecule has 2 atom stereocenters. The van der Waals surface area contributed by atoms with Crippen molar-refractivity contribution in [3.8, 4) is 0 Å². The Bertz CT molecular complexity index is 348.